The fourth-order valence-corrected chi connectivity index (χ4v) is 8.38. The molecule has 2 heteroatoms. The molecule has 2 rings (SSSR count). The second kappa shape index (κ2) is 8.86. The van der Waals surface area contributed by atoms with Crippen molar-refractivity contribution >= 4 is 18.7 Å². The van der Waals surface area contributed by atoms with E-state index in [0.717, 1.165) is 6.42 Å². The van der Waals surface area contributed by atoms with Gasteiger partial charge >= 0.3 is 0 Å². The van der Waals surface area contributed by atoms with Crippen LogP contribution in [0.15, 0.2) is 85.5 Å². The molecule has 1 nitrogen and oxygen atoms in total. The van der Waals surface area contributed by atoms with E-state index in [1.54, 1.807) is 0 Å². The summed E-state index contributed by atoms with van der Waals surface area (Å²) in [5, 5.41) is 2.67. The number of hydrogen-bond donors (Lipinski definition) is 0. The van der Waals surface area contributed by atoms with Gasteiger partial charge in [-0.15, -0.1) is 6.58 Å². The van der Waals surface area contributed by atoms with Gasteiger partial charge in [0.2, 0.25) is 0 Å². The van der Waals surface area contributed by atoms with Gasteiger partial charge in [0.15, 0.2) is 0 Å². The number of allylic oxidation sites excluding steroid dienone is 3. The molecule has 0 aliphatic carbocycles. The van der Waals surface area contributed by atoms with E-state index < -0.39 is 8.32 Å². The van der Waals surface area contributed by atoms with Gasteiger partial charge in [-0.25, -0.2) is 0 Å². The molecule has 27 heavy (non-hydrogen) atoms. The summed E-state index contributed by atoms with van der Waals surface area (Å²) in [5.41, 5.74) is -0.0415. The van der Waals surface area contributed by atoms with Crippen LogP contribution in [0.2, 0.25) is 5.04 Å². The molecule has 0 aliphatic rings. The normalized spacial score (nSPS) is 14.9. The smallest absolute Gasteiger partial charge is 0.261 e. The maximum absolute atomic E-state index is 6.97. The average Bonchev–Trinajstić information content (AvgIpc) is 2.66. The molecule has 0 aliphatic heterocycles. The van der Waals surface area contributed by atoms with Crippen LogP contribution in [0.3, 0.4) is 0 Å². The van der Waals surface area contributed by atoms with Crippen LogP contribution in [0.5, 0.6) is 0 Å². The molecule has 0 heterocycles. The first-order valence-electron chi connectivity index (χ1n) is 9.81. The van der Waals surface area contributed by atoms with Crippen LogP contribution in [-0.2, 0) is 4.43 Å². The summed E-state index contributed by atoms with van der Waals surface area (Å²) in [6.45, 7) is 16.0. The summed E-state index contributed by atoms with van der Waals surface area (Å²) in [7, 11) is -2.44. The van der Waals surface area contributed by atoms with Crippen molar-refractivity contribution in [2.45, 2.75) is 46.1 Å². The molecule has 0 N–H and O–H groups in total. The van der Waals surface area contributed by atoms with Gasteiger partial charge in [0, 0.05) is 12.0 Å². The molecular formula is C25H34OSi. The van der Waals surface area contributed by atoms with Crippen LogP contribution in [0.25, 0.3) is 0 Å². The van der Waals surface area contributed by atoms with Gasteiger partial charge in [0.25, 0.3) is 8.32 Å². The highest BCUT2D eigenvalue weighted by Gasteiger charge is 2.50. The topological polar surface area (TPSA) is 9.23 Å². The Hall–Kier alpha value is -1.90. The maximum Gasteiger partial charge on any atom is 0.261 e. The van der Waals surface area contributed by atoms with Crippen LogP contribution in [-0.4, -0.2) is 14.9 Å². The maximum atomic E-state index is 6.97. The fraction of sp³-hybridized carbons (Fsp3) is 0.360. The lowest BCUT2D eigenvalue weighted by Gasteiger charge is -2.43. The lowest BCUT2D eigenvalue weighted by Crippen LogP contribution is -2.66. The minimum absolute atomic E-state index is 0.0148. The highest BCUT2D eigenvalue weighted by molar-refractivity contribution is 6.99. The predicted octanol–water partition coefficient (Wildman–Crippen LogP) is 5.72. The van der Waals surface area contributed by atoms with Crippen LogP contribution < -0.4 is 10.4 Å². The van der Waals surface area contributed by atoms with Crippen molar-refractivity contribution in [2.24, 2.45) is 5.41 Å². The molecule has 0 saturated heterocycles. The summed E-state index contributed by atoms with van der Waals surface area (Å²) in [4.78, 5) is 0. The first kappa shape index (κ1) is 21.4. The Labute approximate surface area is 166 Å². The monoisotopic (exact) mass is 378 g/mol. The molecule has 1 atom stereocenters. The van der Waals surface area contributed by atoms with E-state index in [0.29, 0.717) is 6.61 Å². The van der Waals surface area contributed by atoms with E-state index in [1.165, 1.54) is 10.4 Å². The molecule has 0 radical (unpaired) electrons. The second-order valence-corrected chi connectivity index (χ2v) is 12.8. The Kier molecular flexibility index (Phi) is 7.02. The molecule has 0 unspecified atom stereocenters. The summed E-state index contributed by atoms with van der Waals surface area (Å²) in [6, 6.07) is 21.6. The van der Waals surface area contributed by atoms with E-state index >= 15 is 0 Å². The van der Waals surface area contributed by atoms with Crippen molar-refractivity contribution in [1.29, 1.82) is 0 Å². The van der Waals surface area contributed by atoms with E-state index in [-0.39, 0.29) is 10.5 Å². The van der Waals surface area contributed by atoms with Crippen molar-refractivity contribution in [1.82, 2.24) is 0 Å². The molecule has 2 aromatic carbocycles. The van der Waals surface area contributed by atoms with E-state index in [9.17, 15) is 0 Å². The van der Waals surface area contributed by atoms with E-state index in [2.05, 4.69) is 114 Å². The minimum atomic E-state index is -2.44. The molecule has 0 aromatic heterocycles. The zero-order chi connectivity index (χ0) is 20.0. The van der Waals surface area contributed by atoms with E-state index in [4.69, 9.17) is 4.43 Å². The quantitative estimate of drug-likeness (QED) is 0.421. The third kappa shape index (κ3) is 4.69. The minimum Gasteiger partial charge on any atom is -0.407 e. The molecule has 0 fully saturated rings. The summed E-state index contributed by atoms with van der Waals surface area (Å²) in [5.74, 6) is 0. The van der Waals surface area contributed by atoms with Crippen LogP contribution in [0.4, 0.5) is 0 Å². The lowest BCUT2D eigenvalue weighted by molar-refractivity contribution is 0.259. The van der Waals surface area contributed by atoms with Crippen LogP contribution in [0.1, 0.15) is 41.0 Å². The molecule has 2 aromatic rings. The summed E-state index contributed by atoms with van der Waals surface area (Å²) >= 11 is 0. The molecular weight excluding hydrogens is 344 g/mol. The third-order valence-corrected chi connectivity index (χ3v) is 10.4. The van der Waals surface area contributed by atoms with Gasteiger partial charge in [0.1, 0.15) is 0 Å². The SMILES string of the molecule is C=C[C@](C)(/C=C/C)CCO[Si](c1ccccc1)(c1ccccc1)C(C)(C)C. The third-order valence-electron chi connectivity index (χ3n) is 5.39. The predicted molar refractivity (Wildman–Crippen MR) is 121 cm³/mol. The Bertz CT molecular complexity index is 703. The highest BCUT2D eigenvalue weighted by atomic mass is 28.4. The van der Waals surface area contributed by atoms with Crippen molar-refractivity contribution in [3.05, 3.63) is 85.5 Å². The van der Waals surface area contributed by atoms with Crippen molar-refractivity contribution < 1.29 is 4.43 Å². The Morgan fingerprint density at radius 2 is 1.37 bits per heavy atom. The first-order chi connectivity index (χ1) is 12.8. The molecule has 0 spiro atoms. The molecule has 0 bridgehead atoms. The number of rotatable bonds is 8. The Morgan fingerprint density at radius 3 is 1.74 bits per heavy atom. The summed E-state index contributed by atoms with van der Waals surface area (Å²) in [6.07, 6.45) is 7.27. The zero-order valence-corrected chi connectivity index (χ0v) is 18.5. The van der Waals surface area contributed by atoms with Crippen LogP contribution >= 0.6 is 0 Å². The van der Waals surface area contributed by atoms with Crippen molar-refractivity contribution in [3.8, 4) is 0 Å². The standard InChI is InChI=1S/C25H34OSi/c1-7-19-25(6,8-2)20-21-26-27(24(3,4)5,22-15-11-9-12-16-22)23-17-13-10-14-18-23/h7-19H,2,20-21H2,1,3-6H3/b19-7+/t25-/m1/s1. The molecule has 0 saturated carbocycles. The van der Waals surface area contributed by atoms with Gasteiger partial charge < -0.3 is 4.43 Å². The second-order valence-electron chi connectivity index (χ2n) is 8.47. The highest BCUT2D eigenvalue weighted by Crippen LogP contribution is 2.37. The molecule has 144 valence electrons. The number of hydrogen-bond acceptors (Lipinski definition) is 1. The number of benzene rings is 2. The zero-order valence-electron chi connectivity index (χ0n) is 17.5. The summed E-state index contributed by atoms with van der Waals surface area (Å²) < 4.78 is 6.97. The average molecular weight is 379 g/mol. The van der Waals surface area contributed by atoms with Crippen molar-refractivity contribution in [2.75, 3.05) is 6.61 Å². The first-order valence-corrected chi connectivity index (χ1v) is 11.7. The van der Waals surface area contributed by atoms with Gasteiger partial charge in [0.05, 0.1) is 0 Å². The van der Waals surface area contributed by atoms with E-state index in [1.807, 2.05) is 6.08 Å². The van der Waals surface area contributed by atoms with Gasteiger partial charge in [-0.1, -0.05) is 107 Å². The van der Waals surface area contributed by atoms with Crippen LogP contribution in [0, 0.1) is 5.41 Å². The van der Waals surface area contributed by atoms with Gasteiger partial charge in [-0.2, -0.15) is 0 Å². The van der Waals surface area contributed by atoms with Gasteiger partial charge in [-0.3, -0.25) is 0 Å². The van der Waals surface area contributed by atoms with Gasteiger partial charge in [-0.05, 0) is 28.8 Å². The largest absolute Gasteiger partial charge is 0.407 e. The van der Waals surface area contributed by atoms with Crippen molar-refractivity contribution in [3.63, 3.8) is 0 Å². The Morgan fingerprint density at radius 1 is 0.889 bits per heavy atom. The molecule has 0 amide bonds. The Balaban J connectivity index is 2.48. The fourth-order valence-electron chi connectivity index (χ4n) is 3.82. The lowest BCUT2D eigenvalue weighted by atomic mass is 9.87.